The lowest BCUT2D eigenvalue weighted by molar-refractivity contribution is 1.05. The van der Waals surface area contributed by atoms with Crippen LogP contribution in [0, 0.1) is 11.3 Å². The van der Waals surface area contributed by atoms with Gasteiger partial charge in [0.2, 0.25) is 0 Å². The van der Waals surface area contributed by atoms with Crippen LogP contribution in [0.4, 0.5) is 5.69 Å². The molecule has 0 unspecified atom stereocenters. The Morgan fingerprint density at radius 3 is 2.69 bits per heavy atom. The fourth-order valence-corrected chi connectivity index (χ4v) is 1.59. The molecule has 1 rings (SSSR count). The van der Waals surface area contributed by atoms with Gasteiger partial charge >= 0.3 is 0 Å². The van der Waals surface area contributed by atoms with Gasteiger partial charge in [0.15, 0.2) is 0 Å². The third kappa shape index (κ3) is 1.93. The smallest absolute Gasteiger partial charge is 0.116 e. The maximum Gasteiger partial charge on any atom is 0.116 e. The van der Waals surface area contributed by atoms with Gasteiger partial charge in [-0.3, -0.25) is 0 Å². The van der Waals surface area contributed by atoms with E-state index >= 15 is 0 Å². The molecule has 1 aromatic rings. The molecule has 0 spiro atoms. The highest BCUT2D eigenvalue weighted by atomic mass is 32.2. The van der Waals surface area contributed by atoms with Crippen molar-refractivity contribution >= 4 is 17.4 Å². The molecule has 3 nitrogen and oxygen atoms in total. The van der Waals surface area contributed by atoms with E-state index in [1.807, 2.05) is 31.3 Å². The molecule has 1 aromatic heterocycles. The molecule has 0 fully saturated rings. The van der Waals surface area contributed by atoms with E-state index in [4.69, 9.17) is 5.26 Å². The van der Waals surface area contributed by atoms with Crippen LogP contribution in [-0.4, -0.2) is 25.3 Å². The van der Waals surface area contributed by atoms with Crippen molar-refractivity contribution in [2.75, 3.05) is 25.3 Å². The van der Waals surface area contributed by atoms with Crippen LogP contribution in [0.5, 0.6) is 0 Å². The molecule has 0 radical (unpaired) electrons. The molecule has 13 heavy (non-hydrogen) atoms. The van der Waals surface area contributed by atoms with Crippen molar-refractivity contribution < 1.29 is 0 Å². The molecule has 68 valence electrons. The summed E-state index contributed by atoms with van der Waals surface area (Å²) < 4.78 is 0. The van der Waals surface area contributed by atoms with Crippen LogP contribution in [0.1, 0.15) is 5.56 Å². The van der Waals surface area contributed by atoms with Crippen molar-refractivity contribution in [1.82, 2.24) is 4.98 Å². The average molecular weight is 193 g/mol. The molecule has 1 heterocycles. The SMILES string of the molecule is CSc1nccc(N(C)C)c1C#N. The quantitative estimate of drug-likeness (QED) is 0.671. The molecule has 0 aromatic carbocycles. The standard InChI is InChI=1S/C9H11N3S/c1-12(2)8-4-5-11-9(13-3)7(8)6-10/h4-5H,1-3H3. The van der Waals surface area contributed by atoms with Crippen molar-refractivity contribution in [3.63, 3.8) is 0 Å². The van der Waals surface area contributed by atoms with Gasteiger partial charge in [-0.25, -0.2) is 4.98 Å². The molecule has 0 amide bonds. The molecule has 4 heteroatoms. The highest BCUT2D eigenvalue weighted by molar-refractivity contribution is 7.98. The zero-order valence-electron chi connectivity index (χ0n) is 7.90. The Hall–Kier alpha value is -1.21. The molecule has 0 bridgehead atoms. The highest BCUT2D eigenvalue weighted by Gasteiger charge is 2.09. The van der Waals surface area contributed by atoms with Gasteiger partial charge in [-0.2, -0.15) is 5.26 Å². The minimum absolute atomic E-state index is 0.653. The zero-order chi connectivity index (χ0) is 9.84. The topological polar surface area (TPSA) is 39.9 Å². The number of nitriles is 1. The second-order valence-corrected chi connectivity index (χ2v) is 3.52. The van der Waals surface area contributed by atoms with Crippen LogP contribution in [0.25, 0.3) is 0 Å². The third-order valence-electron chi connectivity index (χ3n) is 1.68. The Labute approximate surface area is 82.4 Å². The Balaban J connectivity index is 3.29. The lowest BCUT2D eigenvalue weighted by Gasteiger charge is -2.14. The first kappa shape index (κ1) is 9.87. The molecule has 0 atom stereocenters. The predicted octanol–water partition coefficient (Wildman–Crippen LogP) is 1.74. The number of thioether (sulfide) groups is 1. The molecule has 0 N–H and O–H groups in total. The second kappa shape index (κ2) is 4.15. The predicted molar refractivity (Wildman–Crippen MR) is 55.1 cm³/mol. The molecule has 0 saturated heterocycles. The first-order chi connectivity index (χ1) is 6.20. The van der Waals surface area contributed by atoms with Crippen LogP contribution in [0.15, 0.2) is 17.3 Å². The average Bonchev–Trinajstić information content (AvgIpc) is 2.16. The summed E-state index contributed by atoms with van der Waals surface area (Å²) in [5.41, 5.74) is 1.57. The normalized spacial score (nSPS) is 9.38. The minimum Gasteiger partial charge on any atom is -0.376 e. The number of pyridine rings is 1. The summed E-state index contributed by atoms with van der Waals surface area (Å²) in [4.78, 5) is 6.04. The summed E-state index contributed by atoms with van der Waals surface area (Å²) in [5, 5.41) is 9.74. The number of hydrogen-bond donors (Lipinski definition) is 0. The summed E-state index contributed by atoms with van der Waals surface area (Å²) in [6, 6.07) is 4.02. The second-order valence-electron chi connectivity index (χ2n) is 2.72. The number of aromatic nitrogens is 1. The Morgan fingerprint density at radius 2 is 2.23 bits per heavy atom. The van der Waals surface area contributed by atoms with E-state index in [0.29, 0.717) is 5.56 Å². The van der Waals surface area contributed by atoms with E-state index in [9.17, 15) is 0 Å². The Morgan fingerprint density at radius 1 is 1.54 bits per heavy atom. The van der Waals surface area contributed by atoms with E-state index < -0.39 is 0 Å². The monoisotopic (exact) mass is 193 g/mol. The fourth-order valence-electron chi connectivity index (χ4n) is 1.07. The summed E-state index contributed by atoms with van der Waals surface area (Å²) in [7, 11) is 3.83. The van der Waals surface area contributed by atoms with Gasteiger partial charge in [0, 0.05) is 20.3 Å². The lowest BCUT2D eigenvalue weighted by atomic mass is 10.2. The van der Waals surface area contributed by atoms with Gasteiger partial charge in [-0.05, 0) is 12.3 Å². The highest BCUT2D eigenvalue weighted by Crippen LogP contribution is 2.25. The maximum atomic E-state index is 8.95. The number of anilines is 1. The number of hydrogen-bond acceptors (Lipinski definition) is 4. The van der Waals surface area contributed by atoms with Crippen LogP contribution < -0.4 is 4.90 Å². The number of rotatable bonds is 2. The van der Waals surface area contributed by atoms with E-state index in [0.717, 1.165) is 10.7 Å². The lowest BCUT2D eigenvalue weighted by Crippen LogP contribution is -2.11. The van der Waals surface area contributed by atoms with E-state index in [1.165, 1.54) is 11.8 Å². The zero-order valence-corrected chi connectivity index (χ0v) is 8.72. The summed E-state index contributed by atoms with van der Waals surface area (Å²) in [6.07, 6.45) is 3.64. The van der Waals surface area contributed by atoms with Crippen molar-refractivity contribution in [3.8, 4) is 6.07 Å². The van der Waals surface area contributed by atoms with Crippen molar-refractivity contribution in [2.24, 2.45) is 0 Å². The third-order valence-corrected chi connectivity index (χ3v) is 2.38. The minimum atomic E-state index is 0.653. The molecule has 0 saturated carbocycles. The first-order valence-corrected chi connectivity index (χ1v) is 5.03. The van der Waals surface area contributed by atoms with E-state index in [-0.39, 0.29) is 0 Å². The molecular formula is C9H11N3S. The van der Waals surface area contributed by atoms with Crippen LogP contribution >= 0.6 is 11.8 Å². The van der Waals surface area contributed by atoms with Gasteiger partial charge < -0.3 is 4.90 Å². The van der Waals surface area contributed by atoms with Gasteiger partial charge in [0.1, 0.15) is 16.7 Å². The van der Waals surface area contributed by atoms with Gasteiger partial charge in [-0.1, -0.05) is 0 Å². The van der Waals surface area contributed by atoms with Crippen molar-refractivity contribution in [2.45, 2.75) is 5.03 Å². The van der Waals surface area contributed by atoms with E-state index in [1.54, 1.807) is 6.20 Å². The van der Waals surface area contributed by atoms with Gasteiger partial charge in [0.05, 0.1) is 5.69 Å². The van der Waals surface area contributed by atoms with Crippen LogP contribution in [0.2, 0.25) is 0 Å². The van der Waals surface area contributed by atoms with Crippen molar-refractivity contribution in [1.29, 1.82) is 5.26 Å². The molecule has 0 aliphatic carbocycles. The fraction of sp³-hybridized carbons (Fsp3) is 0.333. The largest absolute Gasteiger partial charge is 0.376 e. The molecule has 0 aliphatic heterocycles. The summed E-state index contributed by atoms with van der Waals surface area (Å²) in [6.45, 7) is 0. The van der Waals surface area contributed by atoms with E-state index in [2.05, 4.69) is 11.1 Å². The van der Waals surface area contributed by atoms with Crippen molar-refractivity contribution in [3.05, 3.63) is 17.8 Å². The van der Waals surface area contributed by atoms with Gasteiger partial charge in [0.25, 0.3) is 0 Å². The summed E-state index contributed by atoms with van der Waals surface area (Å²) in [5.74, 6) is 0. The van der Waals surface area contributed by atoms with Gasteiger partial charge in [-0.15, -0.1) is 11.8 Å². The van der Waals surface area contributed by atoms with Crippen LogP contribution in [0.3, 0.4) is 0 Å². The molecule has 0 aliphatic rings. The Bertz CT molecular complexity index is 341. The molecular weight excluding hydrogens is 182 g/mol. The maximum absolute atomic E-state index is 8.95. The Kier molecular flexibility index (Phi) is 3.15. The first-order valence-electron chi connectivity index (χ1n) is 3.81. The van der Waals surface area contributed by atoms with Crippen LogP contribution in [-0.2, 0) is 0 Å². The number of nitrogens with zero attached hydrogens (tertiary/aromatic N) is 3. The summed E-state index contributed by atoms with van der Waals surface area (Å²) >= 11 is 1.49.